The average molecular weight is 235 g/mol. The van der Waals surface area contributed by atoms with E-state index in [-0.39, 0.29) is 5.97 Å². The lowest BCUT2D eigenvalue weighted by Gasteiger charge is -2.09. The van der Waals surface area contributed by atoms with Crippen LogP contribution < -0.4 is 10.1 Å². The molecule has 1 aromatic rings. The van der Waals surface area contributed by atoms with E-state index in [0.717, 1.165) is 12.1 Å². The average Bonchev–Trinajstić information content (AvgIpc) is 3.19. The molecular weight excluding hydrogens is 218 g/mol. The Hall–Kier alpha value is -1.55. The molecule has 0 atom stereocenters. The van der Waals surface area contributed by atoms with Gasteiger partial charge in [-0.2, -0.15) is 0 Å². The number of benzene rings is 1. The van der Waals surface area contributed by atoms with Crippen LogP contribution in [0.1, 0.15) is 28.8 Å². The highest BCUT2D eigenvalue weighted by molar-refractivity contribution is 5.92. The predicted octanol–water partition coefficient (Wildman–Crippen LogP) is 1.73. The van der Waals surface area contributed by atoms with Gasteiger partial charge in [-0.3, -0.25) is 0 Å². The van der Waals surface area contributed by atoms with Crippen LogP contribution in [-0.2, 0) is 11.3 Å². The molecule has 0 radical (unpaired) electrons. The molecule has 1 fully saturated rings. The molecule has 4 nitrogen and oxygen atoms in total. The number of carbonyl (C=O) groups is 1. The largest absolute Gasteiger partial charge is 0.496 e. The Kier molecular flexibility index (Phi) is 3.64. The quantitative estimate of drug-likeness (QED) is 0.790. The summed E-state index contributed by atoms with van der Waals surface area (Å²) in [5, 5.41) is 3.42. The Morgan fingerprint density at radius 1 is 1.41 bits per heavy atom. The minimum Gasteiger partial charge on any atom is -0.496 e. The van der Waals surface area contributed by atoms with E-state index in [4.69, 9.17) is 9.47 Å². The molecule has 0 unspecified atom stereocenters. The second-order valence-electron chi connectivity index (χ2n) is 4.18. The van der Waals surface area contributed by atoms with Crippen LogP contribution in [0, 0.1) is 0 Å². The Balaban J connectivity index is 2.11. The molecule has 0 bridgehead atoms. The van der Waals surface area contributed by atoms with Crippen LogP contribution in [0.15, 0.2) is 18.2 Å². The molecule has 17 heavy (non-hydrogen) atoms. The summed E-state index contributed by atoms with van der Waals surface area (Å²) < 4.78 is 9.90. The highest BCUT2D eigenvalue weighted by Crippen LogP contribution is 2.23. The molecule has 0 amide bonds. The van der Waals surface area contributed by atoms with Crippen LogP contribution in [0.3, 0.4) is 0 Å². The Morgan fingerprint density at radius 3 is 2.76 bits per heavy atom. The summed E-state index contributed by atoms with van der Waals surface area (Å²) in [5.74, 6) is 0.190. The van der Waals surface area contributed by atoms with Crippen LogP contribution >= 0.6 is 0 Å². The van der Waals surface area contributed by atoms with Gasteiger partial charge in [0.15, 0.2) is 0 Å². The van der Waals surface area contributed by atoms with E-state index < -0.39 is 0 Å². The van der Waals surface area contributed by atoms with Gasteiger partial charge < -0.3 is 14.8 Å². The molecule has 1 aliphatic carbocycles. The molecule has 4 heteroatoms. The van der Waals surface area contributed by atoms with E-state index in [0.29, 0.717) is 17.4 Å². The summed E-state index contributed by atoms with van der Waals surface area (Å²) in [7, 11) is 2.92. The highest BCUT2D eigenvalue weighted by Gasteiger charge is 2.20. The number of hydrogen-bond donors (Lipinski definition) is 1. The molecular formula is C13H17NO3. The van der Waals surface area contributed by atoms with E-state index in [9.17, 15) is 4.79 Å². The van der Waals surface area contributed by atoms with Crippen molar-refractivity contribution in [1.82, 2.24) is 5.32 Å². The summed E-state index contributed by atoms with van der Waals surface area (Å²) in [6, 6.07) is 6.21. The van der Waals surface area contributed by atoms with E-state index in [1.807, 2.05) is 12.1 Å². The minimum absolute atomic E-state index is 0.372. The third kappa shape index (κ3) is 2.97. The molecule has 1 aromatic carbocycles. The van der Waals surface area contributed by atoms with E-state index in [1.165, 1.54) is 20.0 Å². The number of ether oxygens (including phenoxy) is 2. The Morgan fingerprint density at radius 2 is 2.18 bits per heavy atom. The van der Waals surface area contributed by atoms with Crippen molar-refractivity contribution in [2.45, 2.75) is 25.4 Å². The van der Waals surface area contributed by atoms with Gasteiger partial charge in [0.1, 0.15) is 11.3 Å². The summed E-state index contributed by atoms with van der Waals surface area (Å²) in [5.41, 5.74) is 1.58. The molecule has 2 rings (SSSR count). The fourth-order valence-electron chi connectivity index (χ4n) is 1.67. The van der Waals surface area contributed by atoms with Crippen molar-refractivity contribution in [2.24, 2.45) is 0 Å². The summed E-state index contributed by atoms with van der Waals surface area (Å²) in [6.07, 6.45) is 2.52. The molecule has 1 saturated carbocycles. The van der Waals surface area contributed by atoms with Crippen LogP contribution in [0.5, 0.6) is 5.75 Å². The lowest BCUT2D eigenvalue weighted by atomic mass is 10.1. The third-order valence-electron chi connectivity index (χ3n) is 2.84. The van der Waals surface area contributed by atoms with Crippen molar-refractivity contribution < 1.29 is 14.3 Å². The van der Waals surface area contributed by atoms with Gasteiger partial charge in [0.05, 0.1) is 14.2 Å². The first kappa shape index (κ1) is 11.9. The van der Waals surface area contributed by atoms with Gasteiger partial charge in [0.2, 0.25) is 0 Å². The molecule has 0 spiro atoms. The minimum atomic E-state index is -0.372. The number of rotatable bonds is 5. The zero-order valence-corrected chi connectivity index (χ0v) is 10.2. The van der Waals surface area contributed by atoms with Gasteiger partial charge in [-0.05, 0) is 30.5 Å². The van der Waals surface area contributed by atoms with Crippen LogP contribution in [0.25, 0.3) is 0 Å². The van der Waals surface area contributed by atoms with Gasteiger partial charge in [-0.15, -0.1) is 0 Å². The standard InChI is InChI=1S/C13H17NO3/c1-16-12-7-9(8-14-10-4-5-10)3-6-11(12)13(15)17-2/h3,6-7,10,14H,4-5,8H2,1-2H3. The van der Waals surface area contributed by atoms with Gasteiger partial charge in [0.25, 0.3) is 0 Å². The van der Waals surface area contributed by atoms with Crippen LogP contribution in [0.4, 0.5) is 0 Å². The molecule has 92 valence electrons. The highest BCUT2D eigenvalue weighted by atomic mass is 16.5. The number of nitrogens with one attached hydrogen (secondary N) is 1. The molecule has 1 aliphatic rings. The Labute approximate surface area is 101 Å². The summed E-state index contributed by atoms with van der Waals surface area (Å²) in [4.78, 5) is 11.5. The number of esters is 1. The van der Waals surface area contributed by atoms with Crippen molar-refractivity contribution >= 4 is 5.97 Å². The molecule has 0 heterocycles. The number of methoxy groups -OCH3 is 2. The smallest absolute Gasteiger partial charge is 0.341 e. The van der Waals surface area contributed by atoms with Gasteiger partial charge in [-0.25, -0.2) is 4.79 Å². The molecule has 1 N–H and O–H groups in total. The van der Waals surface area contributed by atoms with Gasteiger partial charge in [0, 0.05) is 12.6 Å². The first-order chi connectivity index (χ1) is 8.24. The molecule has 0 saturated heterocycles. The van der Waals surface area contributed by atoms with E-state index >= 15 is 0 Å². The van der Waals surface area contributed by atoms with Gasteiger partial charge >= 0.3 is 5.97 Å². The summed E-state index contributed by atoms with van der Waals surface area (Å²) >= 11 is 0. The lowest BCUT2D eigenvalue weighted by Crippen LogP contribution is -2.15. The van der Waals surface area contributed by atoms with Gasteiger partial charge in [-0.1, -0.05) is 6.07 Å². The Bertz CT molecular complexity index is 413. The number of hydrogen-bond acceptors (Lipinski definition) is 4. The van der Waals surface area contributed by atoms with E-state index in [1.54, 1.807) is 13.2 Å². The van der Waals surface area contributed by atoms with Crippen molar-refractivity contribution in [2.75, 3.05) is 14.2 Å². The topological polar surface area (TPSA) is 47.6 Å². The zero-order valence-electron chi connectivity index (χ0n) is 10.2. The molecule has 0 aromatic heterocycles. The fraction of sp³-hybridized carbons (Fsp3) is 0.462. The fourth-order valence-corrected chi connectivity index (χ4v) is 1.67. The van der Waals surface area contributed by atoms with E-state index in [2.05, 4.69) is 5.32 Å². The monoisotopic (exact) mass is 235 g/mol. The third-order valence-corrected chi connectivity index (χ3v) is 2.84. The van der Waals surface area contributed by atoms with Crippen molar-refractivity contribution in [3.63, 3.8) is 0 Å². The summed E-state index contributed by atoms with van der Waals surface area (Å²) in [6.45, 7) is 0.808. The maximum atomic E-state index is 11.5. The van der Waals surface area contributed by atoms with Crippen molar-refractivity contribution in [3.05, 3.63) is 29.3 Å². The van der Waals surface area contributed by atoms with Crippen LogP contribution in [-0.4, -0.2) is 26.2 Å². The predicted molar refractivity (Wildman–Crippen MR) is 64.2 cm³/mol. The van der Waals surface area contributed by atoms with Crippen LogP contribution in [0.2, 0.25) is 0 Å². The maximum absolute atomic E-state index is 11.5. The molecule has 0 aliphatic heterocycles. The second kappa shape index (κ2) is 5.19. The first-order valence-electron chi connectivity index (χ1n) is 5.73. The van der Waals surface area contributed by atoms with Crippen molar-refractivity contribution in [1.29, 1.82) is 0 Å². The SMILES string of the molecule is COC(=O)c1ccc(CNC2CC2)cc1OC. The normalized spacial score (nSPS) is 14.5. The second-order valence-corrected chi connectivity index (χ2v) is 4.18. The number of carbonyl (C=O) groups excluding carboxylic acids is 1. The lowest BCUT2D eigenvalue weighted by molar-refractivity contribution is 0.0597. The zero-order chi connectivity index (χ0) is 12.3. The van der Waals surface area contributed by atoms with Crippen molar-refractivity contribution in [3.8, 4) is 5.75 Å². The maximum Gasteiger partial charge on any atom is 0.341 e. The first-order valence-corrected chi connectivity index (χ1v) is 5.73.